The van der Waals surface area contributed by atoms with Crippen molar-refractivity contribution in [3.8, 4) is 5.75 Å². The topological polar surface area (TPSA) is 37.9 Å². The molecule has 0 fully saturated rings. The van der Waals surface area contributed by atoms with Crippen molar-refractivity contribution in [1.82, 2.24) is 0 Å². The molecule has 2 rings (SSSR count). The number of hydrogen-bond donors (Lipinski definition) is 2. The van der Waals surface area contributed by atoms with Crippen LogP contribution >= 0.6 is 11.6 Å². The summed E-state index contributed by atoms with van der Waals surface area (Å²) in [6, 6.07) is 12.5. The zero-order chi connectivity index (χ0) is 26.7. The molecule has 35 heavy (non-hydrogen) atoms. The molecule has 4 heteroatoms. The molecule has 196 valence electrons. The molecular formula is C31H50ClN2O+. The van der Waals surface area contributed by atoms with E-state index in [1.807, 2.05) is 6.07 Å². The number of nitrogens with one attached hydrogen (secondary N) is 1. The van der Waals surface area contributed by atoms with E-state index in [1.54, 1.807) is 7.11 Å². The lowest BCUT2D eigenvalue weighted by atomic mass is 9.76. The molecule has 2 aromatic carbocycles. The van der Waals surface area contributed by atoms with Gasteiger partial charge < -0.3 is 15.4 Å². The molecule has 1 unspecified atom stereocenters. The minimum absolute atomic E-state index is 0.0259. The van der Waals surface area contributed by atoms with Gasteiger partial charge in [-0.2, -0.15) is 0 Å². The fraction of sp³-hybridized carbons (Fsp3) is 0.484. The maximum atomic E-state index is 6.31. The third-order valence-corrected chi connectivity index (χ3v) is 6.45. The van der Waals surface area contributed by atoms with Gasteiger partial charge in [-0.25, -0.2) is 0 Å². The second-order valence-corrected chi connectivity index (χ2v) is 9.21. The fourth-order valence-electron chi connectivity index (χ4n) is 3.56. The molecule has 0 saturated heterocycles. The number of rotatable bonds is 12. The Kier molecular flexibility index (Phi) is 17.8. The molecule has 0 aliphatic rings. The molecule has 0 heterocycles. The molecule has 0 bridgehead atoms. The van der Waals surface area contributed by atoms with Crippen molar-refractivity contribution in [2.75, 3.05) is 26.0 Å². The largest absolute Gasteiger partial charge is 0.496 e. The lowest BCUT2D eigenvalue weighted by molar-refractivity contribution is -0.540. The molecule has 0 aliphatic carbocycles. The maximum absolute atomic E-state index is 6.31. The summed E-state index contributed by atoms with van der Waals surface area (Å²) in [6.07, 6.45) is 11.4. The number of quaternary nitrogens is 1. The van der Waals surface area contributed by atoms with Crippen molar-refractivity contribution in [2.24, 2.45) is 0 Å². The normalized spacial score (nSPS) is 12.1. The van der Waals surface area contributed by atoms with Gasteiger partial charge in [0, 0.05) is 45.9 Å². The van der Waals surface area contributed by atoms with Gasteiger partial charge >= 0.3 is 0 Å². The summed E-state index contributed by atoms with van der Waals surface area (Å²) in [7, 11) is 3.81. The summed E-state index contributed by atoms with van der Waals surface area (Å²) in [6.45, 7) is 18.1. The molecule has 0 radical (unpaired) electrons. The monoisotopic (exact) mass is 501 g/mol. The highest BCUT2D eigenvalue weighted by atomic mass is 35.5. The van der Waals surface area contributed by atoms with Crippen LogP contribution in [0.3, 0.4) is 0 Å². The first-order valence-corrected chi connectivity index (χ1v) is 13.4. The van der Waals surface area contributed by atoms with E-state index in [4.69, 9.17) is 16.3 Å². The van der Waals surface area contributed by atoms with E-state index in [-0.39, 0.29) is 5.41 Å². The van der Waals surface area contributed by atoms with Gasteiger partial charge in [-0.15, -0.1) is 13.2 Å². The standard InChI is InChI=1S/C25H35ClN2O.C4H10.C2H4/c1-6-8-16-28-21-13-11-19(24(18-21)29-5)10-9-15-25(3,7-2)22-17-20(26)12-14-23(22)27-4;1-3-4-2;1-2/h9-14,17-18,27-28H,6-8,15-16H2,1-5H3;3-4H2,1-2H3;1-2H2/p+1/b10-9+;;. The summed E-state index contributed by atoms with van der Waals surface area (Å²) < 4.78 is 5.62. The number of halogens is 1. The third kappa shape index (κ3) is 11.4. The van der Waals surface area contributed by atoms with E-state index in [2.05, 4.69) is 108 Å². The Bertz CT molecular complexity index is 863. The van der Waals surface area contributed by atoms with Crippen LogP contribution in [0.5, 0.6) is 5.75 Å². The van der Waals surface area contributed by atoms with Crippen LogP contribution in [-0.2, 0) is 5.41 Å². The van der Waals surface area contributed by atoms with Gasteiger partial charge in [0.25, 0.3) is 0 Å². The van der Waals surface area contributed by atoms with Crippen LogP contribution in [0.15, 0.2) is 55.6 Å². The highest BCUT2D eigenvalue weighted by Crippen LogP contribution is 2.37. The molecule has 3 N–H and O–H groups in total. The van der Waals surface area contributed by atoms with Crippen LogP contribution in [0.4, 0.5) is 11.4 Å². The predicted octanol–water partition coefficient (Wildman–Crippen LogP) is 8.77. The second-order valence-electron chi connectivity index (χ2n) is 8.78. The molecular weight excluding hydrogens is 452 g/mol. The van der Waals surface area contributed by atoms with Gasteiger partial charge in [-0.3, -0.25) is 0 Å². The van der Waals surface area contributed by atoms with Gasteiger partial charge in [0.15, 0.2) is 0 Å². The Labute approximate surface area is 221 Å². The molecule has 0 spiro atoms. The minimum Gasteiger partial charge on any atom is -0.496 e. The molecule has 0 aromatic heterocycles. The average Bonchev–Trinajstić information content (AvgIpc) is 2.90. The third-order valence-electron chi connectivity index (χ3n) is 6.22. The number of nitrogens with two attached hydrogens (primary N) is 1. The van der Waals surface area contributed by atoms with Crippen LogP contribution in [0.25, 0.3) is 6.08 Å². The highest BCUT2D eigenvalue weighted by Gasteiger charge is 2.28. The number of hydrogen-bond acceptors (Lipinski definition) is 2. The smallest absolute Gasteiger partial charge is 0.133 e. The van der Waals surface area contributed by atoms with Crippen molar-refractivity contribution >= 4 is 29.1 Å². The zero-order valence-electron chi connectivity index (χ0n) is 23.3. The molecule has 0 amide bonds. The first-order chi connectivity index (χ1) is 16.9. The maximum Gasteiger partial charge on any atom is 0.133 e. The molecule has 3 nitrogen and oxygen atoms in total. The fourth-order valence-corrected chi connectivity index (χ4v) is 3.73. The lowest BCUT2D eigenvalue weighted by Gasteiger charge is -2.28. The Morgan fingerprint density at radius 3 is 2.26 bits per heavy atom. The summed E-state index contributed by atoms with van der Waals surface area (Å²) in [5.74, 6) is 0.895. The van der Waals surface area contributed by atoms with Crippen LogP contribution in [-0.4, -0.2) is 20.7 Å². The van der Waals surface area contributed by atoms with Crippen LogP contribution < -0.4 is 15.4 Å². The van der Waals surface area contributed by atoms with Crippen LogP contribution in [0.1, 0.15) is 84.3 Å². The van der Waals surface area contributed by atoms with E-state index < -0.39 is 0 Å². The van der Waals surface area contributed by atoms with Gasteiger partial charge in [-0.1, -0.05) is 77.6 Å². The number of allylic oxidation sites excluding steroid dienone is 1. The van der Waals surface area contributed by atoms with E-state index in [0.29, 0.717) is 0 Å². The highest BCUT2D eigenvalue weighted by molar-refractivity contribution is 6.30. The summed E-state index contributed by atoms with van der Waals surface area (Å²) >= 11 is 6.31. The van der Waals surface area contributed by atoms with Gasteiger partial charge in [0.2, 0.25) is 0 Å². The van der Waals surface area contributed by atoms with Crippen molar-refractivity contribution in [2.45, 2.75) is 78.6 Å². The predicted molar refractivity (Wildman–Crippen MR) is 158 cm³/mol. The molecule has 0 saturated carbocycles. The minimum atomic E-state index is 0.0259. The van der Waals surface area contributed by atoms with Gasteiger partial charge in [0.1, 0.15) is 11.4 Å². The number of anilines is 1. The molecule has 1 atom stereocenters. The Hall–Kier alpha value is -2.23. The first kappa shape index (κ1) is 32.8. The number of benzene rings is 2. The summed E-state index contributed by atoms with van der Waals surface area (Å²) in [4.78, 5) is 0. The van der Waals surface area contributed by atoms with E-state index in [0.717, 1.165) is 41.4 Å². The lowest BCUT2D eigenvalue weighted by Crippen LogP contribution is -2.73. The second kappa shape index (κ2) is 19.0. The van der Waals surface area contributed by atoms with Gasteiger partial charge in [-0.05, 0) is 43.5 Å². The Morgan fingerprint density at radius 2 is 1.71 bits per heavy atom. The first-order valence-electron chi connectivity index (χ1n) is 13.1. The SMILES string of the molecule is C=C.CCCC.CCCCNc1ccc(/C=C/CC(C)(CC)c2cc(Cl)ccc2[NH2+]C)c(OC)c1. The van der Waals surface area contributed by atoms with Crippen molar-refractivity contribution in [3.05, 3.63) is 71.8 Å². The van der Waals surface area contributed by atoms with Gasteiger partial charge in [0.05, 0.1) is 14.2 Å². The van der Waals surface area contributed by atoms with Crippen molar-refractivity contribution in [3.63, 3.8) is 0 Å². The quantitative estimate of drug-likeness (QED) is 0.173. The molecule has 0 aliphatic heterocycles. The number of methoxy groups -OCH3 is 1. The molecule has 2 aromatic rings. The Balaban J connectivity index is 0.00000174. The van der Waals surface area contributed by atoms with Crippen LogP contribution in [0.2, 0.25) is 5.02 Å². The van der Waals surface area contributed by atoms with Crippen molar-refractivity contribution < 1.29 is 10.1 Å². The van der Waals surface area contributed by atoms with E-state index >= 15 is 0 Å². The van der Waals surface area contributed by atoms with E-state index in [9.17, 15) is 0 Å². The zero-order valence-corrected chi connectivity index (χ0v) is 24.1. The number of unbranched alkanes of at least 4 members (excludes halogenated alkanes) is 2. The Morgan fingerprint density at radius 1 is 1.03 bits per heavy atom. The van der Waals surface area contributed by atoms with E-state index in [1.165, 1.54) is 36.9 Å². The summed E-state index contributed by atoms with van der Waals surface area (Å²) in [5, 5.41) is 6.41. The van der Waals surface area contributed by atoms with Crippen molar-refractivity contribution in [1.29, 1.82) is 0 Å². The number of ether oxygens (including phenoxy) is 1. The average molecular weight is 502 g/mol. The van der Waals surface area contributed by atoms with Crippen LogP contribution in [0, 0.1) is 0 Å². The summed E-state index contributed by atoms with van der Waals surface area (Å²) in [5.41, 5.74) is 4.79.